The van der Waals surface area contributed by atoms with E-state index in [-0.39, 0.29) is 24.0 Å². The molecule has 224 valence electrons. The van der Waals surface area contributed by atoms with Gasteiger partial charge in [0.05, 0.1) is 0 Å². The fourth-order valence-electron chi connectivity index (χ4n) is 5.47. The Morgan fingerprint density at radius 1 is 0.791 bits per heavy atom. The Balaban J connectivity index is 1.37. The Hall–Kier alpha value is -4.01. The highest BCUT2D eigenvalue weighted by molar-refractivity contribution is 7.22. The number of benzene rings is 3. The van der Waals surface area contributed by atoms with Gasteiger partial charge in [0.2, 0.25) is 0 Å². The van der Waals surface area contributed by atoms with Crippen LogP contribution >= 0.6 is 11.3 Å². The molecule has 1 aromatic heterocycles. The number of nitrogens with one attached hydrogen (secondary N) is 2. The predicted octanol–water partition coefficient (Wildman–Crippen LogP) is 6.36. The van der Waals surface area contributed by atoms with Crippen molar-refractivity contribution in [2.45, 2.75) is 39.5 Å². The average molecular weight is 598 g/mol. The van der Waals surface area contributed by atoms with Gasteiger partial charge in [-0.1, -0.05) is 24.6 Å². The minimum atomic E-state index is -0.124. The van der Waals surface area contributed by atoms with Crippen LogP contribution in [0.15, 0.2) is 66.7 Å². The summed E-state index contributed by atoms with van der Waals surface area (Å²) in [5.41, 5.74) is 3.64. The molecule has 1 aliphatic heterocycles. The largest absolute Gasteiger partial charge is 0.492 e. The summed E-state index contributed by atoms with van der Waals surface area (Å²) in [6, 6.07) is 20.5. The Morgan fingerprint density at radius 2 is 1.42 bits per heavy atom. The number of rotatable bonds is 12. The molecule has 0 saturated carbocycles. The Labute approximate surface area is 257 Å². The zero-order valence-electron chi connectivity index (χ0n) is 24.9. The van der Waals surface area contributed by atoms with Gasteiger partial charge in [-0.25, -0.2) is 0 Å². The molecule has 0 bridgehead atoms. The molecule has 0 unspecified atom stereocenters. The lowest BCUT2D eigenvalue weighted by atomic mass is 9.97. The molecular formula is C35H39N3O4S. The number of ether oxygens (including phenoxy) is 1. The highest BCUT2D eigenvalue weighted by Crippen LogP contribution is 2.40. The lowest BCUT2D eigenvalue weighted by molar-refractivity contribution is 0.0947. The number of likely N-dealkylation sites (tertiary alicyclic amines) is 1. The molecular weight excluding hydrogens is 558 g/mol. The van der Waals surface area contributed by atoms with Crippen LogP contribution in [0.1, 0.15) is 69.7 Å². The van der Waals surface area contributed by atoms with E-state index in [1.165, 1.54) is 19.3 Å². The normalized spacial score (nSPS) is 13.5. The second-order valence-corrected chi connectivity index (χ2v) is 11.8. The molecule has 0 radical (unpaired) electrons. The first-order chi connectivity index (χ1) is 21.0. The van der Waals surface area contributed by atoms with E-state index in [2.05, 4.69) is 15.5 Å². The monoisotopic (exact) mass is 597 g/mol. The van der Waals surface area contributed by atoms with Crippen molar-refractivity contribution in [1.82, 2.24) is 15.5 Å². The van der Waals surface area contributed by atoms with Crippen LogP contribution in [0.5, 0.6) is 5.75 Å². The number of carbonyl (C=O) groups is 3. The van der Waals surface area contributed by atoms with Gasteiger partial charge in [0.25, 0.3) is 11.8 Å². The minimum absolute atomic E-state index is 0.00700. The molecule has 4 aromatic rings. The summed E-state index contributed by atoms with van der Waals surface area (Å²) in [7, 11) is 0. The van der Waals surface area contributed by atoms with Crippen LogP contribution in [-0.4, -0.2) is 61.8 Å². The lowest BCUT2D eigenvalue weighted by Gasteiger charge is -2.26. The lowest BCUT2D eigenvalue weighted by Crippen LogP contribution is -2.33. The van der Waals surface area contributed by atoms with Gasteiger partial charge in [-0.15, -0.1) is 11.3 Å². The van der Waals surface area contributed by atoms with Crippen molar-refractivity contribution >= 4 is 39.0 Å². The van der Waals surface area contributed by atoms with Crippen molar-refractivity contribution in [3.8, 4) is 16.2 Å². The number of amides is 2. The molecule has 2 heterocycles. The van der Waals surface area contributed by atoms with Crippen LogP contribution in [0.4, 0.5) is 0 Å². The van der Waals surface area contributed by atoms with Crippen LogP contribution in [-0.2, 0) is 6.42 Å². The molecule has 0 aliphatic carbocycles. The summed E-state index contributed by atoms with van der Waals surface area (Å²) in [5.74, 6) is 0.528. The average Bonchev–Trinajstić information content (AvgIpc) is 3.39. The van der Waals surface area contributed by atoms with Crippen LogP contribution in [0, 0.1) is 0 Å². The zero-order valence-corrected chi connectivity index (χ0v) is 25.7. The molecule has 43 heavy (non-hydrogen) atoms. The minimum Gasteiger partial charge on any atom is -0.492 e. The molecule has 1 saturated heterocycles. The molecule has 1 aliphatic rings. The third-order valence-corrected chi connectivity index (χ3v) is 9.02. The van der Waals surface area contributed by atoms with Gasteiger partial charge in [0.15, 0.2) is 5.78 Å². The fourth-order valence-corrected chi connectivity index (χ4v) is 6.74. The smallest absolute Gasteiger partial charge is 0.251 e. The summed E-state index contributed by atoms with van der Waals surface area (Å²) in [5, 5.41) is 6.63. The van der Waals surface area contributed by atoms with E-state index in [1.54, 1.807) is 23.5 Å². The number of hydrogen-bond acceptors (Lipinski definition) is 6. The molecule has 8 heteroatoms. The molecule has 0 spiro atoms. The second-order valence-electron chi connectivity index (χ2n) is 10.8. The topological polar surface area (TPSA) is 87.7 Å². The van der Waals surface area contributed by atoms with Gasteiger partial charge in [-0.2, -0.15) is 0 Å². The zero-order chi connectivity index (χ0) is 30.2. The van der Waals surface area contributed by atoms with E-state index in [0.29, 0.717) is 36.4 Å². The van der Waals surface area contributed by atoms with Gasteiger partial charge in [0, 0.05) is 52.3 Å². The summed E-state index contributed by atoms with van der Waals surface area (Å²) in [4.78, 5) is 41.8. The molecule has 0 atom stereocenters. The van der Waals surface area contributed by atoms with E-state index in [0.717, 1.165) is 51.5 Å². The first-order valence-electron chi connectivity index (χ1n) is 15.2. The summed E-state index contributed by atoms with van der Waals surface area (Å²) < 4.78 is 6.90. The Kier molecular flexibility index (Phi) is 10.2. The third kappa shape index (κ3) is 7.50. The number of ketones is 1. The maximum atomic E-state index is 13.6. The first-order valence-corrected chi connectivity index (χ1v) is 16.0. The molecule has 1 fully saturated rings. The number of piperidine rings is 1. The van der Waals surface area contributed by atoms with Gasteiger partial charge >= 0.3 is 0 Å². The number of Topliss-reactive ketones (excluding diaryl/α,β-unsaturated/α-hetero) is 1. The molecule has 2 amide bonds. The fraction of sp³-hybridized carbons (Fsp3) is 0.343. The van der Waals surface area contributed by atoms with E-state index in [9.17, 15) is 14.4 Å². The van der Waals surface area contributed by atoms with Crippen molar-refractivity contribution in [1.29, 1.82) is 0 Å². The summed E-state index contributed by atoms with van der Waals surface area (Å²) in [6.45, 7) is 8.72. The van der Waals surface area contributed by atoms with Crippen molar-refractivity contribution in [2.75, 3.05) is 39.3 Å². The maximum Gasteiger partial charge on any atom is 0.251 e. The number of fused-ring (bicyclic) bond motifs is 1. The van der Waals surface area contributed by atoms with E-state index < -0.39 is 0 Å². The number of thiophene rings is 1. The number of nitrogens with zero attached hydrogens (tertiary/aromatic N) is 1. The standard InChI is InChI=1S/C35H39N3O4S/c1-3-36-34(40)26-10-8-25(9-11-26)33-30(29-17-14-27(22-32(29)43-33)35(41)37-4-2)23-31(39)24-12-15-28(16-13-24)42-21-20-38-18-6-5-7-19-38/h8-17,22H,3-7,18-21,23H2,1-2H3,(H,36,40)(H,37,41). The molecule has 7 nitrogen and oxygen atoms in total. The summed E-state index contributed by atoms with van der Waals surface area (Å²) in [6.07, 6.45) is 4.04. The van der Waals surface area contributed by atoms with Crippen molar-refractivity contribution < 1.29 is 19.1 Å². The number of carbonyl (C=O) groups excluding carboxylic acids is 3. The predicted molar refractivity (Wildman–Crippen MR) is 174 cm³/mol. The SMILES string of the molecule is CCNC(=O)c1ccc(-c2sc3cc(C(=O)NCC)ccc3c2CC(=O)c2ccc(OCCN3CCCCC3)cc2)cc1. The third-order valence-electron chi connectivity index (χ3n) is 7.78. The quantitative estimate of drug-likeness (QED) is 0.186. The van der Waals surface area contributed by atoms with Crippen LogP contribution in [0.25, 0.3) is 20.5 Å². The van der Waals surface area contributed by atoms with Crippen LogP contribution in [0.3, 0.4) is 0 Å². The van der Waals surface area contributed by atoms with Gasteiger partial charge < -0.3 is 15.4 Å². The van der Waals surface area contributed by atoms with Crippen LogP contribution in [0.2, 0.25) is 0 Å². The van der Waals surface area contributed by atoms with Gasteiger partial charge in [0.1, 0.15) is 12.4 Å². The molecule has 5 rings (SSSR count). The van der Waals surface area contributed by atoms with E-state index >= 15 is 0 Å². The summed E-state index contributed by atoms with van der Waals surface area (Å²) >= 11 is 1.55. The molecule has 3 aromatic carbocycles. The first kappa shape index (κ1) is 30.4. The van der Waals surface area contributed by atoms with Crippen molar-refractivity contribution in [2.24, 2.45) is 0 Å². The van der Waals surface area contributed by atoms with E-state index in [1.807, 2.05) is 68.4 Å². The van der Waals surface area contributed by atoms with E-state index in [4.69, 9.17) is 4.74 Å². The van der Waals surface area contributed by atoms with Crippen molar-refractivity contribution in [3.05, 3.63) is 89.0 Å². The molecule has 2 N–H and O–H groups in total. The second kappa shape index (κ2) is 14.4. The highest BCUT2D eigenvalue weighted by Gasteiger charge is 2.20. The van der Waals surface area contributed by atoms with Crippen LogP contribution < -0.4 is 15.4 Å². The van der Waals surface area contributed by atoms with Gasteiger partial charge in [-0.05, 0) is 105 Å². The number of hydrogen-bond donors (Lipinski definition) is 2. The Morgan fingerprint density at radius 3 is 2.09 bits per heavy atom. The highest BCUT2D eigenvalue weighted by atomic mass is 32.1. The maximum absolute atomic E-state index is 13.6. The van der Waals surface area contributed by atoms with Gasteiger partial charge in [-0.3, -0.25) is 19.3 Å². The van der Waals surface area contributed by atoms with Crippen molar-refractivity contribution in [3.63, 3.8) is 0 Å². The Bertz CT molecular complexity index is 1570.